The second-order valence-corrected chi connectivity index (χ2v) is 8.24. The van der Waals surface area contributed by atoms with Gasteiger partial charge in [0, 0.05) is 15.3 Å². The molecule has 1 aliphatic carbocycles. The van der Waals surface area contributed by atoms with Crippen molar-refractivity contribution in [1.82, 2.24) is 0 Å². The number of nitrogens with one attached hydrogen (secondary N) is 1. The van der Waals surface area contributed by atoms with Gasteiger partial charge in [-0.25, -0.2) is 4.79 Å². The van der Waals surface area contributed by atoms with Gasteiger partial charge in [-0.05, 0) is 55.5 Å². The van der Waals surface area contributed by atoms with Gasteiger partial charge in [0.15, 0.2) is 6.61 Å². The quantitative estimate of drug-likeness (QED) is 0.593. The fraction of sp³-hybridized carbons (Fsp3) is 0.250. The number of esters is 1. The van der Waals surface area contributed by atoms with Crippen LogP contribution in [0.15, 0.2) is 28.7 Å². The van der Waals surface area contributed by atoms with Gasteiger partial charge in [-0.3, -0.25) is 9.59 Å². The first-order valence-corrected chi connectivity index (χ1v) is 10.2. The number of hydrogen-bond donors (Lipinski definition) is 2. The topological polar surface area (TPSA) is 112 Å². The molecule has 2 heterocycles. The van der Waals surface area contributed by atoms with Crippen LogP contribution in [0.1, 0.15) is 44.2 Å². The summed E-state index contributed by atoms with van der Waals surface area (Å²) in [6, 6.07) is 6.45. The number of rotatable bonds is 5. The maximum absolute atomic E-state index is 12.3. The minimum atomic E-state index is -0.770. The number of ether oxygens (including phenoxy) is 1. The first-order chi connectivity index (χ1) is 13.9. The molecule has 3 N–H and O–H groups in total. The maximum Gasteiger partial charge on any atom is 0.374 e. The van der Waals surface area contributed by atoms with Gasteiger partial charge < -0.3 is 20.2 Å². The van der Waals surface area contributed by atoms with Crippen molar-refractivity contribution in [3.8, 4) is 0 Å². The maximum atomic E-state index is 12.3. The Morgan fingerprint density at radius 2 is 2.00 bits per heavy atom. The Morgan fingerprint density at radius 3 is 2.79 bits per heavy atom. The average Bonchev–Trinajstić information content (AvgIpc) is 3.26. The van der Waals surface area contributed by atoms with E-state index in [2.05, 4.69) is 5.32 Å². The molecule has 4 rings (SSSR count). The molecule has 2 aromatic heterocycles. The van der Waals surface area contributed by atoms with Crippen LogP contribution in [0.5, 0.6) is 0 Å². The molecule has 0 fully saturated rings. The van der Waals surface area contributed by atoms with Crippen LogP contribution in [-0.4, -0.2) is 24.4 Å². The van der Waals surface area contributed by atoms with Gasteiger partial charge in [-0.2, -0.15) is 0 Å². The zero-order valence-corrected chi connectivity index (χ0v) is 16.8. The van der Waals surface area contributed by atoms with Crippen LogP contribution in [0, 0.1) is 0 Å². The molecular formula is C20H17ClN2O5S. The number of aryl methyl sites for hydroxylation is 1. The number of anilines is 1. The number of halogens is 1. The van der Waals surface area contributed by atoms with Gasteiger partial charge in [0.2, 0.25) is 5.76 Å². The number of carbonyl (C=O) groups excluding carboxylic acids is 3. The van der Waals surface area contributed by atoms with Crippen LogP contribution in [0.25, 0.3) is 11.0 Å². The number of carbonyl (C=O) groups is 3. The summed E-state index contributed by atoms with van der Waals surface area (Å²) in [7, 11) is 0. The van der Waals surface area contributed by atoms with E-state index >= 15 is 0 Å². The fourth-order valence-electron chi connectivity index (χ4n) is 3.39. The summed E-state index contributed by atoms with van der Waals surface area (Å²) in [6.07, 6.45) is 3.66. The molecule has 0 aliphatic heterocycles. The van der Waals surface area contributed by atoms with Gasteiger partial charge >= 0.3 is 5.97 Å². The fourth-order valence-corrected chi connectivity index (χ4v) is 4.89. The summed E-state index contributed by atoms with van der Waals surface area (Å²) in [5.41, 5.74) is 7.28. The van der Waals surface area contributed by atoms with Crippen molar-refractivity contribution in [3.05, 3.63) is 51.1 Å². The molecule has 1 aromatic carbocycles. The Hall–Kier alpha value is -2.84. The summed E-state index contributed by atoms with van der Waals surface area (Å²) in [6.45, 7) is -0.516. The second-order valence-electron chi connectivity index (χ2n) is 6.70. The van der Waals surface area contributed by atoms with Crippen molar-refractivity contribution in [2.24, 2.45) is 5.73 Å². The smallest absolute Gasteiger partial charge is 0.374 e. The van der Waals surface area contributed by atoms with Gasteiger partial charge in [-0.1, -0.05) is 11.6 Å². The molecule has 1 aliphatic rings. The van der Waals surface area contributed by atoms with Crippen LogP contribution in [0.3, 0.4) is 0 Å². The Morgan fingerprint density at radius 1 is 1.21 bits per heavy atom. The average molecular weight is 433 g/mol. The first-order valence-electron chi connectivity index (χ1n) is 9.03. The molecule has 9 heteroatoms. The van der Waals surface area contributed by atoms with E-state index in [1.54, 1.807) is 18.2 Å². The highest BCUT2D eigenvalue weighted by molar-refractivity contribution is 7.17. The highest BCUT2D eigenvalue weighted by Gasteiger charge is 2.25. The van der Waals surface area contributed by atoms with Crippen LogP contribution in [0.4, 0.5) is 5.00 Å². The van der Waals surface area contributed by atoms with Gasteiger partial charge in [-0.15, -0.1) is 11.3 Å². The molecule has 2 amide bonds. The van der Waals surface area contributed by atoms with Crippen LogP contribution in [0.2, 0.25) is 5.02 Å². The molecule has 0 radical (unpaired) electrons. The van der Waals surface area contributed by atoms with Gasteiger partial charge in [0.05, 0.1) is 5.56 Å². The number of fused-ring (bicyclic) bond motifs is 2. The number of benzene rings is 1. The highest BCUT2D eigenvalue weighted by atomic mass is 35.5. The SMILES string of the molecule is NC(=O)c1c(NC(=O)COC(=O)c2cc3cc(Cl)ccc3o2)sc2c1CCCC2. The molecule has 150 valence electrons. The number of amides is 2. The molecule has 29 heavy (non-hydrogen) atoms. The second kappa shape index (κ2) is 7.88. The molecule has 0 atom stereocenters. The zero-order valence-electron chi connectivity index (χ0n) is 15.2. The summed E-state index contributed by atoms with van der Waals surface area (Å²) < 4.78 is 10.5. The lowest BCUT2D eigenvalue weighted by Gasteiger charge is -2.11. The lowest BCUT2D eigenvalue weighted by molar-refractivity contribution is -0.119. The minimum Gasteiger partial charge on any atom is -0.450 e. The van der Waals surface area contributed by atoms with E-state index in [0.717, 1.165) is 36.1 Å². The Bertz CT molecular complexity index is 1130. The Labute approximate surface area is 174 Å². The molecule has 0 saturated carbocycles. The number of hydrogen-bond acceptors (Lipinski definition) is 6. The molecule has 0 spiro atoms. The minimum absolute atomic E-state index is 0.0283. The van der Waals surface area contributed by atoms with Crippen molar-refractivity contribution in [2.45, 2.75) is 25.7 Å². The molecule has 0 saturated heterocycles. The van der Waals surface area contributed by atoms with Gasteiger partial charge in [0.25, 0.3) is 11.8 Å². The molecular weight excluding hydrogens is 416 g/mol. The predicted octanol–water partition coefficient (Wildman–Crippen LogP) is 3.92. The van der Waals surface area contributed by atoms with Crippen molar-refractivity contribution in [1.29, 1.82) is 0 Å². The third-order valence-electron chi connectivity index (χ3n) is 4.68. The van der Waals surface area contributed by atoms with Crippen molar-refractivity contribution in [2.75, 3.05) is 11.9 Å². The molecule has 0 bridgehead atoms. The van der Waals surface area contributed by atoms with E-state index in [1.165, 1.54) is 17.4 Å². The molecule has 7 nitrogen and oxygen atoms in total. The monoisotopic (exact) mass is 432 g/mol. The van der Waals surface area contributed by atoms with Gasteiger partial charge in [0.1, 0.15) is 10.6 Å². The van der Waals surface area contributed by atoms with Crippen LogP contribution >= 0.6 is 22.9 Å². The van der Waals surface area contributed by atoms with Crippen molar-refractivity contribution in [3.63, 3.8) is 0 Å². The molecule has 3 aromatic rings. The first kappa shape index (κ1) is 19.5. The third-order valence-corrected chi connectivity index (χ3v) is 6.13. The third kappa shape index (κ3) is 3.99. The lowest BCUT2D eigenvalue weighted by Crippen LogP contribution is -2.22. The number of furan rings is 1. The molecule has 0 unspecified atom stereocenters. The van der Waals surface area contributed by atoms with E-state index in [-0.39, 0.29) is 5.76 Å². The number of thiophene rings is 1. The van der Waals surface area contributed by atoms with E-state index in [0.29, 0.717) is 26.6 Å². The van der Waals surface area contributed by atoms with E-state index < -0.39 is 24.4 Å². The van der Waals surface area contributed by atoms with E-state index in [1.807, 2.05) is 0 Å². The van der Waals surface area contributed by atoms with Crippen molar-refractivity contribution >= 4 is 56.7 Å². The lowest BCUT2D eigenvalue weighted by atomic mass is 9.95. The summed E-state index contributed by atoms with van der Waals surface area (Å²) >= 11 is 7.27. The largest absolute Gasteiger partial charge is 0.450 e. The van der Waals surface area contributed by atoms with E-state index in [9.17, 15) is 14.4 Å². The Balaban J connectivity index is 1.43. The summed E-state index contributed by atoms with van der Waals surface area (Å²) in [5.74, 6) is -1.93. The van der Waals surface area contributed by atoms with Crippen LogP contribution in [-0.2, 0) is 22.4 Å². The Kier molecular flexibility index (Phi) is 5.29. The van der Waals surface area contributed by atoms with Crippen LogP contribution < -0.4 is 11.1 Å². The number of primary amides is 1. The predicted molar refractivity (Wildman–Crippen MR) is 110 cm³/mol. The number of nitrogens with two attached hydrogens (primary N) is 1. The van der Waals surface area contributed by atoms with E-state index in [4.69, 9.17) is 26.5 Å². The summed E-state index contributed by atoms with van der Waals surface area (Å²) in [5, 5.41) is 4.22. The standard InChI is InChI=1S/C20H17ClN2O5S/c21-11-5-6-13-10(7-11)8-14(28-13)20(26)27-9-16(24)23-19-17(18(22)25)12-3-1-2-4-15(12)29-19/h5-8H,1-4,9H2,(H2,22,25)(H,23,24). The highest BCUT2D eigenvalue weighted by Crippen LogP contribution is 2.37. The summed E-state index contributed by atoms with van der Waals surface area (Å²) in [4.78, 5) is 37.4. The normalized spacial score (nSPS) is 13.1. The van der Waals surface area contributed by atoms with Crippen molar-refractivity contribution < 1.29 is 23.5 Å². The zero-order chi connectivity index (χ0) is 20.5.